The fourth-order valence-corrected chi connectivity index (χ4v) is 3.76. The standard InChI is InChI=1S/C21H18ClN3O3S/c1-12-7-8-14(22)11-15(12)23-20(26)13(2)29-21-24-18(16-5-3-9-27-16)19(25-21)17-6-4-10-28-17/h3-11,13H,1-2H3,(H,23,26)(H,24,25). The van der Waals surface area contributed by atoms with E-state index in [-0.39, 0.29) is 5.91 Å². The molecule has 8 heteroatoms. The second-order valence-corrected chi connectivity index (χ2v) is 8.19. The Hall–Kier alpha value is -2.90. The van der Waals surface area contributed by atoms with Crippen LogP contribution in [0.25, 0.3) is 22.9 Å². The fraction of sp³-hybridized carbons (Fsp3) is 0.143. The highest BCUT2D eigenvalue weighted by Crippen LogP contribution is 2.34. The summed E-state index contributed by atoms with van der Waals surface area (Å²) in [6.07, 6.45) is 3.18. The zero-order chi connectivity index (χ0) is 20.4. The van der Waals surface area contributed by atoms with Crippen LogP contribution in [0.15, 0.2) is 69.0 Å². The SMILES string of the molecule is Cc1ccc(Cl)cc1NC(=O)C(C)Sc1nc(-c2ccco2)c(-c2ccco2)[nH]1. The number of anilines is 1. The quantitative estimate of drug-likeness (QED) is 0.368. The topological polar surface area (TPSA) is 84.1 Å². The van der Waals surface area contributed by atoms with Crippen molar-refractivity contribution in [3.63, 3.8) is 0 Å². The first kappa shape index (κ1) is 19.4. The Labute approximate surface area is 176 Å². The molecule has 0 saturated carbocycles. The second kappa shape index (κ2) is 8.23. The molecule has 3 aromatic heterocycles. The number of carbonyl (C=O) groups is 1. The molecule has 0 aliphatic rings. The predicted molar refractivity (Wildman–Crippen MR) is 114 cm³/mol. The number of aromatic amines is 1. The summed E-state index contributed by atoms with van der Waals surface area (Å²) in [5.41, 5.74) is 2.97. The molecule has 0 fully saturated rings. The van der Waals surface area contributed by atoms with Crippen LogP contribution in [-0.2, 0) is 4.79 Å². The van der Waals surface area contributed by atoms with E-state index in [9.17, 15) is 4.79 Å². The number of thioether (sulfide) groups is 1. The molecule has 148 valence electrons. The number of imidazole rings is 1. The van der Waals surface area contributed by atoms with Crippen LogP contribution in [0, 0.1) is 6.92 Å². The first-order valence-corrected chi connectivity index (χ1v) is 10.2. The van der Waals surface area contributed by atoms with Crippen molar-refractivity contribution in [2.75, 3.05) is 5.32 Å². The monoisotopic (exact) mass is 427 g/mol. The van der Waals surface area contributed by atoms with Gasteiger partial charge in [0.05, 0.1) is 17.8 Å². The molecule has 2 N–H and O–H groups in total. The smallest absolute Gasteiger partial charge is 0.237 e. The summed E-state index contributed by atoms with van der Waals surface area (Å²) in [6, 6.07) is 12.7. The van der Waals surface area contributed by atoms with Crippen molar-refractivity contribution in [2.24, 2.45) is 0 Å². The van der Waals surface area contributed by atoms with Gasteiger partial charge in [0.1, 0.15) is 11.4 Å². The normalized spacial score (nSPS) is 12.1. The molecule has 1 unspecified atom stereocenters. The van der Waals surface area contributed by atoms with Gasteiger partial charge in [-0.3, -0.25) is 4.79 Å². The number of halogens is 1. The predicted octanol–water partition coefficient (Wildman–Crippen LogP) is 6.01. The number of aryl methyl sites for hydroxylation is 1. The van der Waals surface area contributed by atoms with Gasteiger partial charge in [0.2, 0.25) is 5.91 Å². The number of hydrogen-bond acceptors (Lipinski definition) is 5. The Morgan fingerprint density at radius 3 is 2.59 bits per heavy atom. The average Bonchev–Trinajstić information content (AvgIpc) is 3.45. The molecule has 1 atom stereocenters. The van der Waals surface area contributed by atoms with Crippen LogP contribution >= 0.6 is 23.4 Å². The third-order valence-electron chi connectivity index (χ3n) is 4.32. The molecule has 4 rings (SSSR count). The van der Waals surface area contributed by atoms with E-state index in [1.165, 1.54) is 11.8 Å². The number of nitrogens with zero attached hydrogens (tertiary/aromatic N) is 1. The lowest BCUT2D eigenvalue weighted by molar-refractivity contribution is -0.115. The number of H-pyrrole nitrogens is 1. The first-order valence-electron chi connectivity index (χ1n) is 8.92. The van der Waals surface area contributed by atoms with E-state index in [0.29, 0.717) is 38.8 Å². The number of aromatic nitrogens is 2. The number of amides is 1. The highest BCUT2D eigenvalue weighted by atomic mass is 35.5. The van der Waals surface area contributed by atoms with E-state index in [0.717, 1.165) is 5.56 Å². The van der Waals surface area contributed by atoms with Crippen LogP contribution in [-0.4, -0.2) is 21.1 Å². The van der Waals surface area contributed by atoms with Crippen LogP contribution in [0.3, 0.4) is 0 Å². The molecule has 4 aromatic rings. The van der Waals surface area contributed by atoms with E-state index in [1.807, 2.05) is 32.0 Å². The van der Waals surface area contributed by atoms with Crippen molar-refractivity contribution in [1.29, 1.82) is 0 Å². The van der Waals surface area contributed by atoms with Gasteiger partial charge in [-0.2, -0.15) is 0 Å². The van der Waals surface area contributed by atoms with Gasteiger partial charge >= 0.3 is 0 Å². The molecule has 0 bridgehead atoms. The number of rotatable bonds is 6. The Morgan fingerprint density at radius 2 is 1.90 bits per heavy atom. The number of furan rings is 2. The van der Waals surface area contributed by atoms with Crippen LogP contribution < -0.4 is 5.32 Å². The molecule has 0 radical (unpaired) electrons. The van der Waals surface area contributed by atoms with Crippen LogP contribution in [0.2, 0.25) is 5.02 Å². The molecular weight excluding hydrogens is 410 g/mol. The number of nitrogens with one attached hydrogen (secondary N) is 2. The lowest BCUT2D eigenvalue weighted by Crippen LogP contribution is -2.23. The van der Waals surface area contributed by atoms with E-state index < -0.39 is 5.25 Å². The Balaban J connectivity index is 1.55. The summed E-state index contributed by atoms with van der Waals surface area (Å²) < 4.78 is 11.0. The van der Waals surface area contributed by atoms with E-state index in [1.54, 1.807) is 36.8 Å². The molecule has 0 aliphatic heterocycles. The summed E-state index contributed by atoms with van der Waals surface area (Å²) in [5, 5.41) is 3.69. The van der Waals surface area contributed by atoms with Gasteiger partial charge in [-0.15, -0.1) is 0 Å². The molecule has 29 heavy (non-hydrogen) atoms. The Kier molecular flexibility index (Phi) is 5.51. The summed E-state index contributed by atoms with van der Waals surface area (Å²) in [6.45, 7) is 3.74. The van der Waals surface area contributed by atoms with Gasteiger partial charge < -0.3 is 19.1 Å². The third kappa shape index (κ3) is 4.26. The van der Waals surface area contributed by atoms with Gasteiger partial charge in [-0.1, -0.05) is 29.4 Å². The maximum absolute atomic E-state index is 12.7. The maximum atomic E-state index is 12.7. The minimum Gasteiger partial charge on any atom is -0.463 e. The maximum Gasteiger partial charge on any atom is 0.237 e. The average molecular weight is 428 g/mol. The van der Waals surface area contributed by atoms with Crippen molar-refractivity contribution in [2.45, 2.75) is 24.3 Å². The number of benzene rings is 1. The summed E-state index contributed by atoms with van der Waals surface area (Å²) in [7, 11) is 0. The summed E-state index contributed by atoms with van der Waals surface area (Å²) >= 11 is 7.35. The summed E-state index contributed by atoms with van der Waals surface area (Å²) in [5.74, 6) is 1.12. The van der Waals surface area contributed by atoms with Crippen molar-refractivity contribution in [1.82, 2.24) is 9.97 Å². The van der Waals surface area contributed by atoms with Crippen LogP contribution in [0.5, 0.6) is 0 Å². The molecule has 0 saturated heterocycles. The molecule has 0 aliphatic carbocycles. The molecule has 6 nitrogen and oxygen atoms in total. The zero-order valence-electron chi connectivity index (χ0n) is 15.7. The Morgan fingerprint density at radius 1 is 1.17 bits per heavy atom. The van der Waals surface area contributed by atoms with Gasteiger partial charge in [0.15, 0.2) is 16.7 Å². The van der Waals surface area contributed by atoms with Gasteiger partial charge in [-0.05, 0) is 55.8 Å². The zero-order valence-corrected chi connectivity index (χ0v) is 17.3. The third-order valence-corrected chi connectivity index (χ3v) is 5.54. The molecule has 3 heterocycles. The van der Waals surface area contributed by atoms with Crippen LogP contribution in [0.4, 0.5) is 5.69 Å². The van der Waals surface area contributed by atoms with E-state index in [2.05, 4.69) is 15.3 Å². The minimum atomic E-state index is -0.395. The molecule has 1 aromatic carbocycles. The van der Waals surface area contributed by atoms with Crippen molar-refractivity contribution in [3.8, 4) is 22.9 Å². The first-order chi connectivity index (χ1) is 14.0. The van der Waals surface area contributed by atoms with Gasteiger partial charge in [0, 0.05) is 10.7 Å². The highest BCUT2D eigenvalue weighted by Gasteiger charge is 2.22. The molecular formula is C21H18ClN3O3S. The van der Waals surface area contributed by atoms with Gasteiger partial charge in [0.25, 0.3) is 0 Å². The van der Waals surface area contributed by atoms with E-state index >= 15 is 0 Å². The van der Waals surface area contributed by atoms with Crippen molar-refractivity contribution < 1.29 is 13.6 Å². The molecule has 1 amide bonds. The molecule has 0 spiro atoms. The van der Waals surface area contributed by atoms with Crippen molar-refractivity contribution >= 4 is 35.0 Å². The largest absolute Gasteiger partial charge is 0.463 e. The lowest BCUT2D eigenvalue weighted by Gasteiger charge is -2.12. The lowest BCUT2D eigenvalue weighted by atomic mass is 10.2. The highest BCUT2D eigenvalue weighted by molar-refractivity contribution is 8.00. The number of hydrogen-bond donors (Lipinski definition) is 2. The summed E-state index contributed by atoms with van der Waals surface area (Å²) in [4.78, 5) is 20.5. The fourth-order valence-electron chi connectivity index (χ4n) is 2.78. The number of carbonyl (C=O) groups excluding carboxylic acids is 1. The second-order valence-electron chi connectivity index (χ2n) is 6.43. The van der Waals surface area contributed by atoms with Gasteiger partial charge in [-0.25, -0.2) is 4.98 Å². The van der Waals surface area contributed by atoms with E-state index in [4.69, 9.17) is 20.4 Å². The Bertz CT molecular complexity index is 1070. The van der Waals surface area contributed by atoms with Crippen LogP contribution in [0.1, 0.15) is 12.5 Å². The van der Waals surface area contributed by atoms with Crippen molar-refractivity contribution in [3.05, 3.63) is 65.6 Å². The minimum absolute atomic E-state index is 0.143.